The SMILES string of the molecule is CCCn1nccc1C1CC(C(C)C)CCC1CNCC. The number of nitrogens with one attached hydrogen (secondary N) is 1. The van der Waals surface area contributed by atoms with E-state index in [2.05, 4.69) is 48.9 Å². The minimum Gasteiger partial charge on any atom is -0.317 e. The van der Waals surface area contributed by atoms with Gasteiger partial charge in [0.1, 0.15) is 0 Å². The van der Waals surface area contributed by atoms with E-state index in [1.807, 2.05) is 6.20 Å². The maximum Gasteiger partial charge on any atom is 0.0492 e. The molecule has 0 radical (unpaired) electrons. The van der Waals surface area contributed by atoms with E-state index in [-0.39, 0.29) is 0 Å². The molecule has 3 atom stereocenters. The molecule has 1 aliphatic rings. The van der Waals surface area contributed by atoms with Crippen LogP contribution in [0.5, 0.6) is 0 Å². The van der Waals surface area contributed by atoms with Crippen LogP contribution in [0, 0.1) is 17.8 Å². The van der Waals surface area contributed by atoms with Crippen LogP contribution in [0.3, 0.4) is 0 Å². The maximum absolute atomic E-state index is 4.56. The van der Waals surface area contributed by atoms with E-state index in [0.29, 0.717) is 5.92 Å². The van der Waals surface area contributed by atoms with Crippen LogP contribution in [-0.2, 0) is 6.54 Å². The Morgan fingerprint density at radius 2 is 2.14 bits per heavy atom. The van der Waals surface area contributed by atoms with Gasteiger partial charge in [-0.15, -0.1) is 0 Å². The van der Waals surface area contributed by atoms with E-state index in [1.165, 1.54) is 25.0 Å². The molecule has 1 aromatic rings. The second kappa shape index (κ2) is 7.98. The standard InChI is InChI=1S/C18H33N3/c1-5-11-21-18(9-10-20-21)17-12-15(14(3)4)7-8-16(17)13-19-6-2/h9-10,14-17,19H,5-8,11-13H2,1-4H3. The molecule has 1 heterocycles. The molecule has 0 spiro atoms. The van der Waals surface area contributed by atoms with Gasteiger partial charge in [0.05, 0.1) is 0 Å². The molecule has 0 aromatic carbocycles. The predicted molar refractivity (Wildman–Crippen MR) is 89.5 cm³/mol. The van der Waals surface area contributed by atoms with Crippen molar-refractivity contribution in [1.29, 1.82) is 0 Å². The number of hydrogen-bond donors (Lipinski definition) is 1. The fraction of sp³-hybridized carbons (Fsp3) is 0.833. The summed E-state index contributed by atoms with van der Waals surface area (Å²) >= 11 is 0. The summed E-state index contributed by atoms with van der Waals surface area (Å²) in [5.41, 5.74) is 1.48. The topological polar surface area (TPSA) is 29.9 Å². The molecule has 0 amide bonds. The molecule has 1 N–H and O–H groups in total. The summed E-state index contributed by atoms with van der Waals surface area (Å²) in [6.45, 7) is 12.5. The zero-order valence-corrected chi connectivity index (χ0v) is 14.3. The molecule has 0 saturated heterocycles. The van der Waals surface area contributed by atoms with Crippen molar-refractivity contribution in [2.75, 3.05) is 13.1 Å². The molecule has 3 heteroatoms. The van der Waals surface area contributed by atoms with Gasteiger partial charge >= 0.3 is 0 Å². The Morgan fingerprint density at radius 1 is 1.33 bits per heavy atom. The third-order valence-electron chi connectivity index (χ3n) is 5.20. The van der Waals surface area contributed by atoms with Crippen molar-refractivity contribution in [3.05, 3.63) is 18.0 Å². The van der Waals surface area contributed by atoms with Gasteiger partial charge in [-0.3, -0.25) is 4.68 Å². The number of rotatable bonds is 7. The van der Waals surface area contributed by atoms with E-state index in [9.17, 15) is 0 Å². The van der Waals surface area contributed by atoms with Crippen LogP contribution < -0.4 is 5.32 Å². The summed E-state index contributed by atoms with van der Waals surface area (Å²) in [5, 5.41) is 8.14. The summed E-state index contributed by atoms with van der Waals surface area (Å²) in [6, 6.07) is 2.27. The third kappa shape index (κ3) is 4.09. The van der Waals surface area contributed by atoms with Gasteiger partial charge in [-0.05, 0) is 62.6 Å². The molecule has 1 fully saturated rings. The maximum atomic E-state index is 4.56. The fourth-order valence-electron chi connectivity index (χ4n) is 3.86. The van der Waals surface area contributed by atoms with Crippen molar-refractivity contribution in [1.82, 2.24) is 15.1 Å². The Kier molecular flexibility index (Phi) is 6.28. The van der Waals surface area contributed by atoms with Crippen LogP contribution >= 0.6 is 0 Å². The van der Waals surface area contributed by atoms with Gasteiger partial charge in [0.15, 0.2) is 0 Å². The zero-order chi connectivity index (χ0) is 15.2. The lowest BCUT2D eigenvalue weighted by atomic mass is 9.69. The van der Waals surface area contributed by atoms with Crippen LogP contribution in [0.25, 0.3) is 0 Å². The van der Waals surface area contributed by atoms with Crippen molar-refractivity contribution in [3.63, 3.8) is 0 Å². The Labute approximate surface area is 130 Å². The minimum atomic E-state index is 0.680. The first kappa shape index (κ1) is 16.5. The summed E-state index contributed by atoms with van der Waals surface area (Å²) in [6.07, 6.45) is 7.24. The lowest BCUT2D eigenvalue weighted by molar-refractivity contribution is 0.185. The van der Waals surface area contributed by atoms with Crippen LogP contribution in [-0.4, -0.2) is 22.9 Å². The Morgan fingerprint density at radius 3 is 2.81 bits per heavy atom. The second-order valence-electron chi connectivity index (χ2n) is 6.97. The van der Waals surface area contributed by atoms with Crippen molar-refractivity contribution < 1.29 is 0 Å². The van der Waals surface area contributed by atoms with Gasteiger partial charge in [-0.2, -0.15) is 5.10 Å². The summed E-state index contributed by atoms with van der Waals surface area (Å²) in [7, 11) is 0. The first-order chi connectivity index (χ1) is 10.2. The largest absolute Gasteiger partial charge is 0.317 e. The highest BCUT2D eigenvalue weighted by Gasteiger charge is 2.34. The molecule has 0 aliphatic heterocycles. The van der Waals surface area contributed by atoms with Gasteiger partial charge in [-0.25, -0.2) is 0 Å². The van der Waals surface area contributed by atoms with Crippen LogP contribution in [0.4, 0.5) is 0 Å². The van der Waals surface area contributed by atoms with Gasteiger partial charge in [-0.1, -0.05) is 27.7 Å². The molecular formula is C18H33N3. The molecule has 1 aromatic heterocycles. The fourth-order valence-corrected chi connectivity index (χ4v) is 3.86. The molecular weight excluding hydrogens is 258 g/mol. The first-order valence-electron chi connectivity index (χ1n) is 8.89. The summed E-state index contributed by atoms with van der Waals surface area (Å²) in [4.78, 5) is 0. The van der Waals surface area contributed by atoms with Gasteiger partial charge < -0.3 is 5.32 Å². The Hall–Kier alpha value is -0.830. The van der Waals surface area contributed by atoms with Gasteiger partial charge in [0.2, 0.25) is 0 Å². The highest BCUT2D eigenvalue weighted by Crippen LogP contribution is 2.42. The molecule has 21 heavy (non-hydrogen) atoms. The van der Waals surface area contributed by atoms with Crippen LogP contribution in [0.2, 0.25) is 0 Å². The number of hydrogen-bond acceptors (Lipinski definition) is 2. The van der Waals surface area contributed by atoms with E-state index >= 15 is 0 Å². The normalized spacial score (nSPS) is 26.4. The highest BCUT2D eigenvalue weighted by atomic mass is 15.3. The zero-order valence-electron chi connectivity index (χ0n) is 14.3. The van der Waals surface area contributed by atoms with E-state index in [0.717, 1.165) is 43.8 Å². The Balaban J connectivity index is 2.17. The summed E-state index contributed by atoms with van der Waals surface area (Å²) < 4.78 is 2.26. The summed E-state index contributed by atoms with van der Waals surface area (Å²) in [5.74, 6) is 3.12. The monoisotopic (exact) mass is 291 g/mol. The van der Waals surface area contributed by atoms with Crippen molar-refractivity contribution in [2.24, 2.45) is 17.8 Å². The predicted octanol–water partition coefficient (Wildman–Crippen LogP) is 4.06. The average molecular weight is 291 g/mol. The first-order valence-corrected chi connectivity index (χ1v) is 8.89. The average Bonchev–Trinajstić information content (AvgIpc) is 2.93. The quantitative estimate of drug-likeness (QED) is 0.821. The second-order valence-corrected chi connectivity index (χ2v) is 6.97. The molecule has 120 valence electrons. The van der Waals surface area contributed by atoms with E-state index in [1.54, 1.807) is 0 Å². The number of aryl methyl sites for hydroxylation is 1. The molecule has 3 nitrogen and oxygen atoms in total. The van der Waals surface area contributed by atoms with Crippen molar-refractivity contribution in [2.45, 2.75) is 65.8 Å². The molecule has 1 aliphatic carbocycles. The van der Waals surface area contributed by atoms with Crippen molar-refractivity contribution in [3.8, 4) is 0 Å². The van der Waals surface area contributed by atoms with Crippen molar-refractivity contribution >= 4 is 0 Å². The number of aromatic nitrogens is 2. The lowest BCUT2D eigenvalue weighted by Crippen LogP contribution is -2.34. The van der Waals surface area contributed by atoms with Crippen LogP contribution in [0.15, 0.2) is 12.3 Å². The smallest absolute Gasteiger partial charge is 0.0492 e. The van der Waals surface area contributed by atoms with Gasteiger partial charge in [0, 0.05) is 24.4 Å². The third-order valence-corrected chi connectivity index (χ3v) is 5.20. The molecule has 0 bridgehead atoms. The van der Waals surface area contributed by atoms with E-state index in [4.69, 9.17) is 0 Å². The van der Waals surface area contributed by atoms with Crippen LogP contribution in [0.1, 0.15) is 65.0 Å². The lowest BCUT2D eigenvalue weighted by Gasteiger charge is -2.38. The van der Waals surface area contributed by atoms with E-state index < -0.39 is 0 Å². The number of nitrogens with zero attached hydrogens (tertiary/aromatic N) is 2. The molecule has 2 rings (SSSR count). The Bertz CT molecular complexity index is 410. The van der Waals surface area contributed by atoms with Gasteiger partial charge in [0.25, 0.3) is 0 Å². The molecule has 1 saturated carbocycles. The molecule has 3 unspecified atom stereocenters. The minimum absolute atomic E-state index is 0.680. The highest BCUT2D eigenvalue weighted by molar-refractivity contribution is 5.12.